The van der Waals surface area contributed by atoms with E-state index in [4.69, 9.17) is 23.2 Å². The van der Waals surface area contributed by atoms with Gasteiger partial charge in [0.25, 0.3) is 11.4 Å². The number of piperazine rings is 1. The fourth-order valence-corrected chi connectivity index (χ4v) is 7.47. The smallest absolute Gasteiger partial charge is 0.258 e. The van der Waals surface area contributed by atoms with Crippen LogP contribution in [0.15, 0.2) is 46.2 Å². The van der Waals surface area contributed by atoms with E-state index in [1.54, 1.807) is 0 Å². The van der Waals surface area contributed by atoms with Gasteiger partial charge in [-0.1, -0.05) is 23.2 Å². The Kier molecular flexibility index (Phi) is 6.98. The first-order chi connectivity index (χ1) is 15.3. The molecule has 0 saturated carbocycles. The van der Waals surface area contributed by atoms with E-state index in [-0.39, 0.29) is 29.7 Å². The summed E-state index contributed by atoms with van der Waals surface area (Å²) in [6, 6.07) is 5.13. The maximum atomic E-state index is 13.1. The van der Waals surface area contributed by atoms with Crippen molar-refractivity contribution in [3.05, 3.63) is 66.7 Å². The van der Waals surface area contributed by atoms with Crippen LogP contribution < -0.4 is 0 Å². The Morgan fingerprint density at radius 3 is 1.73 bits per heavy atom. The average Bonchev–Trinajstić information content (AvgIpc) is 2.73. The second-order valence-corrected chi connectivity index (χ2v) is 11.7. The van der Waals surface area contributed by atoms with Gasteiger partial charge >= 0.3 is 0 Å². The van der Waals surface area contributed by atoms with Crippen LogP contribution in [0, 0.1) is 20.2 Å². The third kappa shape index (κ3) is 4.81. The number of sulfonamides is 2. The average molecular weight is 539 g/mol. The lowest BCUT2D eigenvalue weighted by Crippen LogP contribution is -2.55. The maximum absolute atomic E-state index is 13.1. The van der Waals surface area contributed by atoms with Crippen molar-refractivity contribution in [2.45, 2.75) is 22.8 Å². The molecular weight excluding hydrogens is 523 g/mol. The summed E-state index contributed by atoms with van der Waals surface area (Å²) in [5.74, 6) is 0. The summed E-state index contributed by atoms with van der Waals surface area (Å²) in [6.07, 6.45) is 0. The molecule has 1 aliphatic heterocycles. The van der Waals surface area contributed by atoms with Crippen molar-refractivity contribution in [1.82, 2.24) is 8.61 Å². The van der Waals surface area contributed by atoms with Crippen molar-refractivity contribution in [1.29, 1.82) is 0 Å². The van der Waals surface area contributed by atoms with E-state index in [1.807, 2.05) is 0 Å². The van der Waals surface area contributed by atoms with Gasteiger partial charge in [-0.15, -0.1) is 0 Å². The highest BCUT2D eigenvalue weighted by Gasteiger charge is 2.40. The molecule has 1 aliphatic rings. The lowest BCUT2D eigenvalue weighted by atomic mass is 10.3. The van der Waals surface area contributed by atoms with Crippen molar-refractivity contribution in [3.8, 4) is 0 Å². The molecule has 0 spiro atoms. The standard InChI is InChI=1S/C17H16Cl2N4O8S2/c1-11-10-20(32(28,29)16-8-12(22(24)25)2-4-14(16)18)6-7-21(11)33(30,31)17-9-13(23(26)27)3-5-15(17)19/h2-5,8-9,11H,6-7,10H2,1H3/t11-/m0/s1. The highest BCUT2D eigenvalue weighted by molar-refractivity contribution is 7.89. The van der Waals surface area contributed by atoms with E-state index in [1.165, 1.54) is 6.92 Å². The summed E-state index contributed by atoms with van der Waals surface area (Å²) in [5, 5.41) is 21.6. The van der Waals surface area contributed by atoms with Crippen LogP contribution in [-0.2, 0) is 20.0 Å². The van der Waals surface area contributed by atoms with Gasteiger partial charge in [0, 0.05) is 49.9 Å². The van der Waals surface area contributed by atoms with E-state index in [9.17, 15) is 37.1 Å². The monoisotopic (exact) mass is 538 g/mol. The van der Waals surface area contributed by atoms with Gasteiger partial charge in [0.2, 0.25) is 20.0 Å². The Hall–Kier alpha value is -2.36. The van der Waals surface area contributed by atoms with Crippen LogP contribution in [0.5, 0.6) is 0 Å². The quantitative estimate of drug-likeness (QED) is 0.400. The predicted octanol–water partition coefficient (Wildman–Crippen LogP) is 2.89. The molecule has 1 saturated heterocycles. The molecule has 178 valence electrons. The summed E-state index contributed by atoms with van der Waals surface area (Å²) in [7, 11) is -8.58. The van der Waals surface area contributed by atoms with E-state index >= 15 is 0 Å². The van der Waals surface area contributed by atoms with Gasteiger partial charge in [0.05, 0.1) is 19.9 Å². The second kappa shape index (κ2) is 9.12. The van der Waals surface area contributed by atoms with E-state index in [0.29, 0.717) is 0 Å². The number of benzene rings is 2. The SMILES string of the molecule is C[C@H]1CN(S(=O)(=O)c2cc([N+](=O)[O-])ccc2Cl)CCN1S(=O)(=O)c1cc([N+](=O)[O-])ccc1Cl. The largest absolute Gasteiger partial charge is 0.270 e. The van der Waals surface area contributed by atoms with Gasteiger partial charge in [-0.25, -0.2) is 16.8 Å². The molecule has 33 heavy (non-hydrogen) atoms. The Bertz CT molecular complexity index is 1350. The number of non-ortho nitro benzene ring substituents is 2. The van der Waals surface area contributed by atoms with Crippen LogP contribution in [0.1, 0.15) is 6.92 Å². The topological polar surface area (TPSA) is 161 Å². The number of hydrogen-bond acceptors (Lipinski definition) is 8. The molecule has 16 heteroatoms. The minimum atomic E-state index is -4.30. The van der Waals surface area contributed by atoms with Crippen molar-refractivity contribution in [2.75, 3.05) is 19.6 Å². The first kappa shape index (κ1) is 25.3. The summed E-state index contributed by atoms with van der Waals surface area (Å²) < 4.78 is 54.4. The molecule has 0 N–H and O–H groups in total. The molecule has 0 aromatic heterocycles. The first-order valence-corrected chi connectivity index (χ1v) is 12.8. The molecule has 1 atom stereocenters. The Morgan fingerprint density at radius 1 is 0.848 bits per heavy atom. The van der Waals surface area contributed by atoms with Gasteiger partial charge < -0.3 is 0 Å². The zero-order valence-corrected chi connectivity index (χ0v) is 19.9. The summed E-state index contributed by atoms with van der Waals surface area (Å²) >= 11 is 12.0. The molecule has 0 aliphatic carbocycles. The lowest BCUT2D eigenvalue weighted by Gasteiger charge is -2.38. The minimum absolute atomic E-state index is 0.216. The molecule has 0 bridgehead atoms. The van der Waals surface area contributed by atoms with E-state index in [0.717, 1.165) is 45.0 Å². The number of rotatable bonds is 6. The fourth-order valence-electron chi connectivity index (χ4n) is 3.35. The Labute approximate surface area is 198 Å². The third-order valence-electron chi connectivity index (χ3n) is 4.98. The summed E-state index contributed by atoms with van der Waals surface area (Å²) in [4.78, 5) is 19.6. The van der Waals surface area contributed by atoms with Crippen LogP contribution in [0.3, 0.4) is 0 Å². The van der Waals surface area contributed by atoms with Crippen LogP contribution in [0.2, 0.25) is 10.0 Å². The first-order valence-electron chi connectivity index (χ1n) is 9.16. The minimum Gasteiger partial charge on any atom is -0.258 e. The van der Waals surface area contributed by atoms with Crippen molar-refractivity contribution in [2.24, 2.45) is 0 Å². The molecule has 2 aromatic rings. The molecule has 0 unspecified atom stereocenters. The van der Waals surface area contributed by atoms with Gasteiger partial charge in [-0.2, -0.15) is 8.61 Å². The predicted molar refractivity (Wildman–Crippen MR) is 118 cm³/mol. The fraction of sp³-hybridized carbons (Fsp3) is 0.294. The van der Waals surface area contributed by atoms with Crippen molar-refractivity contribution >= 4 is 54.6 Å². The second-order valence-electron chi connectivity index (χ2n) is 7.07. The van der Waals surface area contributed by atoms with Gasteiger partial charge in [0.1, 0.15) is 9.79 Å². The summed E-state index contributed by atoms with van der Waals surface area (Å²) in [5.41, 5.74) is -0.931. The third-order valence-corrected chi connectivity index (χ3v) is 9.83. The number of nitrogens with zero attached hydrogens (tertiary/aromatic N) is 4. The zero-order valence-electron chi connectivity index (χ0n) is 16.8. The van der Waals surface area contributed by atoms with Crippen LogP contribution in [0.4, 0.5) is 11.4 Å². The van der Waals surface area contributed by atoms with E-state index < -0.39 is 57.1 Å². The van der Waals surface area contributed by atoms with Crippen molar-refractivity contribution < 1.29 is 26.7 Å². The lowest BCUT2D eigenvalue weighted by molar-refractivity contribution is -0.385. The number of nitro benzene ring substituents is 2. The van der Waals surface area contributed by atoms with Crippen LogP contribution in [-0.4, -0.2) is 61.0 Å². The highest BCUT2D eigenvalue weighted by Crippen LogP contribution is 2.33. The number of hydrogen-bond donors (Lipinski definition) is 0. The van der Waals surface area contributed by atoms with Gasteiger partial charge in [0.15, 0.2) is 0 Å². The summed E-state index contributed by atoms with van der Waals surface area (Å²) in [6.45, 7) is 0.610. The highest BCUT2D eigenvalue weighted by atomic mass is 35.5. The zero-order chi connectivity index (χ0) is 24.7. The Balaban J connectivity index is 1.91. The molecule has 2 aromatic carbocycles. The van der Waals surface area contributed by atoms with Crippen LogP contribution >= 0.6 is 23.2 Å². The molecule has 1 fully saturated rings. The molecule has 0 radical (unpaired) electrons. The molecule has 3 rings (SSSR count). The molecule has 12 nitrogen and oxygen atoms in total. The van der Waals surface area contributed by atoms with Crippen molar-refractivity contribution in [3.63, 3.8) is 0 Å². The maximum Gasteiger partial charge on any atom is 0.270 e. The van der Waals surface area contributed by atoms with Gasteiger partial charge in [-0.05, 0) is 19.1 Å². The Morgan fingerprint density at radius 2 is 1.30 bits per heavy atom. The van der Waals surface area contributed by atoms with Gasteiger partial charge in [-0.3, -0.25) is 20.2 Å². The number of nitro groups is 2. The normalized spacial score (nSPS) is 18.2. The molecule has 1 heterocycles. The van der Waals surface area contributed by atoms with E-state index in [2.05, 4.69) is 0 Å². The number of halogens is 2. The van der Waals surface area contributed by atoms with Crippen LogP contribution in [0.25, 0.3) is 0 Å². The molecule has 0 amide bonds. The molecular formula is C17H16Cl2N4O8S2.